The molecule has 0 spiro atoms. The molecular weight excluding hydrogens is 468 g/mol. The van der Waals surface area contributed by atoms with E-state index in [2.05, 4.69) is 45.9 Å². The molecule has 166 valence electrons. The predicted molar refractivity (Wildman–Crippen MR) is 128 cm³/mol. The Kier molecular flexibility index (Phi) is 6.21. The van der Waals surface area contributed by atoms with Crippen LogP contribution >= 0.6 is 15.9 Å². The number of pyridine rings is 1. The fourth-order valence-electron chi connectivity index (χ4n) is 4.75. The number of benzene rings is 1. The van der Waals surface area contributed by atoms with Crippen molar-refractivity contribution < 1.29 is 4.79 Å². The molecule has 2 aliphatic heterocycles. The average Bonchev–Trinajstić information content (AvgIpc) is 3.09. The van der Waals surface area contributed by atoms with Gasteiger partial charge >= 0.3 is 0 Å². The molecule has 1 N–H and O–H groups in total. The number of aromatic nitrogens is 4. The van der Waals surface area contributed by atoms with Gasteiger partial charge in [0.25, 0.3) is 5.91 Å². The van der Waals surface area contributed by atoms with Gasteiger partial charge in [-0.3, -0.25) is 4.79 Å². The van der Waals surface area contributed by atoms with E-state index in [1.165, 1.54) is 19.3 Å². The summed E-state index contributed by atoms with van der Waals surface area (Å²) in [6.07, 6.45) is 8.54. The Morgan fingerprint density at radius 2 is 1.91 bits per heavy atom. The van der Waals surface area contributed by atoms with Crippen LogP contribution in [0.3, 0.4) is 0 Å². The van der Waals surface area contributed by atoms with Crippen molar-refractivity contribution in [2.45, 2.75) is 51.0 Å². The van der Waals surface area contributed by atoms with Gasteiger partial charge in [0.05, 0.1) is 5.56 Å². The number of hydrogen-bond acceptors (Lipinski definition) is 5. The quantitative estimate of drug-likeness (QED) is 0.563. The lowest BCUT2D eigenvalue weighted by Gasteiger charge is -2.34. The molecule has 1 amide bonds. The zero-order valence-corrected chi connectivity index (χ0v) is 19.6. The van der Waals surface area contributed by atoms with Crippen molar-refractivity contribution in [3.05, 3.63) is 64.3 Å². The molecule has 0 radical (unpaired) electrons. The summed E-state index contributed by atoms with van der Waals surface area (Å²) in [7, 11) is 0. The minimum atomic E-state index is -0.145. The second kappa shape index (κ2) is 9.40. The Balaban J connectivity index is 1.37. The third kappa shape index (κ3) is 4.41. The summed E-state index contributed by atoms with van der Waals surface area (Å²) in [6.45, 7) is 2.69. The standard InChI is InChI=1S/C24H27BrN6O/c25-18-9-11-19(12-10-18)27-24(32)20-7-4-13-26-23(20)30-14-5-6-17(16-30)22-29-28-21-8-2-1-3-15-31(21)22/h4,7,9-13,17H,1-3,5-6,8,14-16H2,(H,27,32). The van der Waals surface area contributed by atoms with E-state index in [0.717, 1.165) is 66.5 Å². The number of carbonyl (C=O) groups is 1. The maximum atomic E-state index is 13.1. The van der Waals surface area contributed by atoms with Crippen molar-refractivity contribution in [1.82, 2.24) is 19.7 Å². The van der Waals surface area contributed by atoms with Gasteiger partial charge in [-0.05, 0) is 62.1 Å². The lowest BCUT2D eigenvalue weighted by Crippen LogP contribution is -2.37. The highest BCUT2D eigenvalue weighted by Gasteiger charge is 2.29. The molecule has 4 heterocycles. The van der Waals surface area contributed by atoms with Crippen LogP contribution in [-0.4, -0.2) is 38.7 Å². The van der Waals surface area contributed by atoms with Crippen LogP contribution in [0.25, 0.3) is 0 Å². The third-order valence-electron chi connectivity index (χ3n) is 6.36. The Hall–Kier alpha value is -2.74. The van der Waals surface area contributed by atoms with Crippen LogP contribution in [0.1, 0.15) is 60.0 Å². The molecule has 1 fully saturated rings. The first-order valence-electron chi connectivity index (χ1n) is 11.4. The number of piperidine rings is 1. The molecule has 32 heavy (non-hydrogen) atoms. The number of aryl methyl sites for hydroxylation is 1. The number of hydrogen-bond donors (Lipinski definition) is 1. The summed E-state index contributed by atoms with van der Waals surface area (Å²) < 4.78 is 3.32. The highest BCUT2D eigenvalue weighted by Crippen LogP contribution is 2.31. The normalized spacial score (nSPS) is 18.7. The molecule has 2 aromatic heterocycles. The van der Waals surface area contributed by atoms with E-state index < -0.39 is 0 Å². The molecular formula is C24H27BrN6O. The van der Waals surface area contributed by atoms with E-state index in [1.807, 2.05) is 36.4 Å². The van der Waals surface area contributed by atoms with Crippen LogP contribution in [0.4, 0.5) is 11.5 Å². The Morgan fingerprint density at radius 3 is 2.78 bits per heavy atom. The van der Waals surface area contributed by atoms with Gasteiger partial charge in [0.2, 0.25) is 0 Å². The fraction of sp³-hybridized carbons (Fsp3) is 0.417. The van der Waals surface area contributed by atoms with Crippen molar-refractivity contribution in [3.8, 4) is 0 Å². The molecule has 1 aromatic carbocycles. The SMILES string of the molecule is O=C(Nc1ccc(Br)cc1)c1cccnc1N1CCCC(c2nnc3n2CCCCC3)C1. The summed E-state index contributed by atoms with van der Waals surface area (Å²) >= 11 is 3.43. The number of fused-ring (bicyclic) bond motifs is 1. The minimum Gasteiger partial charge on any atom is -0.355 e. The van der Waals surface area contributed by atoms with Gasteiger partial charge in [0.1, 0.15) is 17.5 Å². The second-order valence-electron chi connectivity index (χ2n) is 8.56. The Bertz CT molecular complexity index is 1100. The van der Waals surface area contributed by atoms with Crippen LogP contribution < -0.4 is 10.2 Å². The number of nitrogens with zero attached hydrogens (tertiary/aromatic N) is 5. The average molecular weight is 495 g/mol. The second-order valence-corrected chi connectivity index (χ2v) is 9.47. The number of rotatable bonds is 4. The van der Waals surface area contributed by atoms with Crippen molar-refractivity contribution >= 4 is 33.3 Å². The maximum Gasteiger partial charge on any atom is 0.259 e. The van der Waals surface area contributed by atoms with Gasteiger partial charge in [0, 0.05) is 48.3 Å². The number of halogens is 1. The molecule has 0 aliphatic carbocycles. The number of anilines is 2. The first kappa shape index (κ1) is 21.1. The monoisotopic (exact) mass is 494 g/mol. The van der Waals surface area contributed by atoms with Crippen LogP contribution in [0, 0.1) is 0 Å². The van der Waals surface area contributed by atoms with Crippen molar-refractivity contribution in [3.63, 3.8) is 0 Å². The smallest absolute Gasteiger partial charge is 0.259 e. The van der Waals surface area contributed by atoms with Gasteiger partial charge in [-0.1, -0.05) is 22.4 Å². The van der Waals surface area contributed by atoms with Gasteiger partial charge in [-0.15, -0.1) is 10.2 Å². The highest BCUT2D eigenvalue weighted by atomic mass is 79.9. The van der Waals surface area contributed by atoms with E-state index in [4.69, 9.17) is 0 Å². The zero-order chi connectivity index (χ0) is 21.9. The molecule has 0 bridgehead atoms. The zero-order valence-electron chi connectivity index (χ0n) is 18.0. The van der Waals surface area contributed by atoms with Crippen LogP contribution in [0.5, 0.6) is 0 Å². The van der Waals surface area contributed by atoms with Gasteiger partial charge in [-0.25, -0.2) is 4.98 Å². The van der Waals surface area contributed by atoms with E-state index in [9.17, 15) is 4.79 Å². The number of carbonyl (C=O) groups excluding carboxylic acids is 1. The maximum absolute atomic E-state index is 13.1. The molecule has 5 rings (SSSR count). The Labute approximate surface area is 196 Å². The van der Waals surface area contributed by atoms with E-state index in [0.29, 0.717) is 11.5 Å². The van der Waals surface area contributed by atoms with E-state index in [-0.39, 0.29) is 5.91 Å². The van der Waals surface area contributed by atoms with Crippen molar-refractivity contribution in [2.24, 2.45) is 0 Å². The first-order valence-corrected chi connectivity index (χ1v) is 12.2. The molecule has 2 aliphatic rings. The highest BCUT2D eigenvalue weighted by molar-refractivity contribution is 9.10. The molecule has 1 atom stereocenters. The third-order valence-corrected chi connectivity index (χ3v) is 6.89. The molecule has 8 heteroatoms. The van der Waals surface area contributed by atoms with Gasteiger partial charge < -0.3 is 14.8 Å². The Morgan fingerprint density at radius 1 is 1.03 bits per heavy atom. The number of nitrogens with one attached hydrogen (secondary N) is 1. The topological polar surface area (TPSA) is 75.9 Å². The summed E-state index contributed by atoms with van der Waals surface area (Å²) in [6, 6.07) is 11.3. The summed E-state index contributed by atoms with van der Waals surface area (Å²) in [5.41, 5.74) is 1.35. The fourth-order valence-corrected chi connectivity index (χ4v) is 5.01. The molecule has 1 saturated heterocycles. The lowest BCUT2D eigenvalue weighted by atomic mass is 9.96. The molecule has 7 nitrogen and oxygen atoms in total. The van der Waals surface area contributed by atoms with Crippen LogP contribution in [0.2, 0.25) is 0 Å². The van der Waals surface area contributed by atoms with Crippen molar-refractivity contribution in [2.75, 3.05) is 23.3 Å². The summed E-state index contributed by atoms with van der Waals surface area (Å²) in [4.78, 5) is 19.9. The minimum absolute atomic E-state index is 0.145. The summed E-state index contributed by atoms with van der Waals surface area (Å²) in [5, 5.41) is 12.1. The largest absolute Gasteiger partial charge is 0.355 e. The number of amides is 1. The molecule has 0 saturated carbocycles. The van der Waals surface area contributed by atoms with Crippen LogP contribution in [-0.2, 0) is 13.0 Å². The summed E-state index contributed by atoms with van der Waals surface area (Å²) in [5.74, 6) is 3.12. The van der Waals surface area contributed by atoms with Crippen molar-refractivity contribution in [1.29, 1.82) is 0 Å². The van der Waals surface area contributed by atoms with Gasteiger partial charge in [0.15, 0.2) is 0 Å². The molecule has 1 unspecified atom stereocenters. The predicted octanol–water partition coefficient (Wildman–Crippen LogP) is 4.80. The van der Waals surface area contributed by atoms with Gasteiger partial charge in [-0.2, -0.15) is 0 Å². The molecule has 3 aromatic rings. The van der Waals surface area contributed by atoms with E-state index in [1.54, 1.807) is 6.20 Å². The first-order chi connectivity index (χ1) is 15.7. The lowest BCUT2D eigenvalue weighted by molar-refractivity contribution is 0.102. The van der Waals surface area contributed by atoms with Crippen LogP contribution in [0.15, 0.2) is 47.1 Å². The van der Waals surface area contributed by atoms with E-state index >= 15 is 0 Å².